The fourth-order valence-electron chi connectivity index (χ4n) is 4.30. The average molecular weight is 449 g/mol. The highest BCUT2D eigenvalue weighted by molar-refractivity contribution is 7.17. The van der Waals surface area contributed by atoms with E-state index < -0.39 is 30.3 Å². The highest BCUT2D eigenvalue weighted by Crippen LogP contribution is 2.44. The van der Waals surface area contributed by atoms with Crippen LogP contribution in [-0.4, -0.2) is 24.4 Å². The highest BCUT2D eigenvalue weighted by Gasteiger charge is 2.34. The lowest BCUT2D eigenvalue weighted by molar-refractivity contribution is -0.148. The number of anilines is 1. The Morgan fingerprint density at radius 1 is 1.03 bits per heavy atom. The van der Waals surface area contributed by atoms with E-state index in [0.717, 1.165) is 29.7 Å². The van der Waals surface area contributed by atoms with Gasteiger partial charge in [-0.25, -0.2) is 0 Å². The summed E-state index contributed by atoms with van der Waals surface area (Å²) in [6.45, 7) is -0.471. The molecule has 0 saturated carbocycles. The summed E-state index contributed by atoms with van der Waals surface area (Å²) in [5.41, 5.74) is 8.19. The maximum absolute atomic E-state index is 13.0. The number of para-hydroxylation sites is 2. The molecule has 162 valence electrons. The molecular formula is C24H20N2O5S. The molecule has 7 nitrogen and oxygen atoms in total. The van der Waals surface area contributed by atoms with E-state index in [-0.39, 0.29) is 0 Å². The van der Waals surface area contributed by atoms with E-state index in [2.05, 4.69) is 5.32 Å². The molecule has 2 amide bonds. The second kappa shape index (κ2) is 8.12. The molecule has 0 fully saturated rings. The maximum atomic E-state index is 13.0. The first-order chi connectivity index (χ1) is 15.5. The third-order valence-corrected chi connectivity index (χ3v) is 6.89. The standard InChI is InChI=1S/C24H20N2O5S/c25-22(28)21-15-8-5-11-18(15)32-23(21)26-19(27)12-30-24(29)20-13-6-1-3-9-16(13)31-17-10-4-2-7-14(17)20/h1-4,6-7,9-10,20H,5,8,11-12H2,(H2,25,28)(H,26,27). The van der Waals surface area contributed by atoms with Gasteiger partial charge in [-0.2, -0.15) is 0 Å². The summed E-state index contributed by atoms with van der Waals surface area (Å²) in [5, 5.41) is 3.12. The number of thiophene rings is 1. The van der Waals surface area contributed by atoms with Gasteiger partial charge in [0.05, 0.1) is 5.56 Å². The lowest BCUT2D eigenvalue weighted by Gasteiger charge is -2.26. The van der Waals surface area contributed by atoms with Crippen molar-refractivity contribution >= 4 is 34.1 Å². The van der Waals surface area contributed by atoms with Crippen LogP contribution in [0.4, 0.5) is 5.00 Å². The Morgan fingerprint density at radius 2 is 1.69 bits per heavy atom. The van der Waals surface area contributed by atoms with Crippen LogP contribution in [0.3, 0.4) is 0 Å². The molecule has 0 saturated heterocycles. The van der Waals surface area contributed by atoms with Gasteiger partial charge in [0, 0.05) is 16.0 Å². The third-order valence-electron chi connectivity index (χ3n) is 5.68. The number of carbonyl (C=O) groups excluding carboxylic acids is 3. The van der Waals surface area contributed by atoms with Crippen LogP contribution in [0.1, 0.15) is 44.3 Å². The molecule has 0 bridgehead atoms. The van der Waals surface area contributed by atoms with Crippen LogP contribution in [0.15, 0.2) is 48.5 Å². The van der Waals surface area contributed by atoms with E-state index in [0.29, 0.717) is 33.2 Å². The summed E-state index contributed by atoms with van der Waals surface area (Å²) < 4.78 is 11.3. The number of ether oxygens (including phenoxy) is 2. The Bertz CT molecular complexity index is 1200. The molecule has 5 rings (SSSR count). The number of rotatable bonds is 5. The lowest BCUT2D eigenvalue weighted by atomic mass is 9.88. The van der Waals surface area contributed by atoms with E-state index >= 15 is 0 Å². The molecule has 1 aliphatic carbocycles. The van der Waals surface area contributed by atoms with Crippen molar-refractivity contribution in [1.82, 2.24) is 0 Å². The molecule has 32 heavy (non-hydrogen) atoms. The van der Waals surface area contributed by atoms with E-state index in [4.69, 9.17) is 15.2 Å². The number of nitrogens with one attached hydrogen (secondary N) is 1. The zero-order valence-electron chi connectivity index (χ0n) is 17.1. The Kier molecular flexibility index (Phi) is 5.14. The van der Waals surface area contributed by atoms with Crippen LogP contribution >= 0.6 is 11.3 Å². The van der Waals surface area contributed by atoms with Crippen molar-refractivity contribution in [2.75, 3.05) is 11.9 Å². The second-order valence-corrected chi connectivity index (χ2v) is 8.80. The van der Waals surface area contributed by atoms with E-state index in [1.54, 1.807) is 12.1 Å². The van der Waals surface area contributed by atoms with Crippen LogP contribution in [0.25, 0.3) is 0 Å². The van der Waals surface area contributed by atoms with Crippen molar-refractivity contribution in [3.63, 3.8) is 0 Å². The number of esters is 1. The summed E-state index contributed by atoms with van der Waals surface area (Å²) in [7, 11) is 0. The van der Waals surface area contributed by atoms with Gasteiger partial charge in [-0.1, -0.05) is 36.4 Å². The van der Waals surface area contributed by atoms with E-state index in [1.165, 1.54) is 11.3 Å². The van der Waals surface area contributed by atoms with Crippen molar-refractivity contribution in [2.24, 2.45) is 5.73 Å². The molecule has 0 atom stereocenters. The summed E-state index contributed by atoms with van der Waals surface area (Å²) in [6.07, 6.45) is 2.62. The smallest absolute Gasteiger partial charge is 0.318 e. The molecular weight excluding hydrogens is 428 g/mol. The summed E-state index contributed by atoms with van der Waals surface area (Å²) in [6, 6.07) is 14.5. The van der Waals surface area contributed by atoms with Crippen LogP contribution in [0.5, 0.6) is 11.5 Å². The van der Waals surface area contributed by atoms with Gasteiger partial charge in [0.25, 0.3) is 11.8 Å². The number of hydrogen-bond donors (Lipinski definition) is 2. The van der Waals surface area contributed by atoms with Crippen molar-refractivity contribution in [1.29, 1.82) is 0 Å². The molecule has 2 aromatic carbocycles. The first-order valence-electron chi connectivity index (χ1n) is 10.3. The molecule has 3 N–H and O–H groups in total. The number of primary amides is 1. The Balaban J connectivity index is 1.32. The molecule has 8 heteroatoms. The predicted octanol–water partition coefficient (Wildman–Crippen LogP) is 3.76. The van der Waals surface area contributed by atoms with Gasteiger partial charge in [0.2, 0.25) is 0 Å². The quantitative estimate of drug-likeness (QED) is 0.578. The van der Waals surface area contributed by atoms with Crippen molar-refractivity contribution in [2.45, 2.75) is 25.2 Å². The monoisotopic (exact) mass is 448 g/mol. The Hall–Kier alpha value is -3.65. The number of hydrogen-bond acceptors (Lipinski definition) is 6. The van der Waals surface area contributed by atoms with Crippen LogP contribution in [0.2, 0.25) is 0 Å². The number of fused-ring (bicyclic) bond motifs is 3. The minimum atomic E-state index is -0.698. The van der Waals surface area contributed by atoms with Gasteiger partial charge < -0.3 is 20.5 Å². The highest BCUT2D eigenvalue weighted by atomic mass is 32.1. The lowest BCUT2D eigenvalue weighted by Crippen LogP contribution is -2.26. The van der Waals surface area contributed by atoms with E-state index in [1.807, 2.05) is 36.4 Å². The minimum absolute atomic E-state index is 0.370. The fourth-order valence-corrected chi connectivity index (χ4v) is 5.61. The predicted molar refractivity (Wildman–Crippen MR) is 119 cm³/mol. The second-order valence-electron chi connectivity index (χ2n) is 7.69. The van der Waals surface area contributed by atoms with Crippen LogP contribution < -0.4 is 15.8 Å². The molecule has 2 aliphatic rings. The minimum Gasteiger partial charge on any atom is -0.457 e. The van der Waals surface area contributed by atoms with Crippen molar-refractivity contribution in [3.05, 3.63) is 75.7 Å². The number of aryl methyl sites for hydroxylation is 1. The first-order valence-corrected chi connectivity index (χ1v) is 11.1. The molecule has 1 aliphatic heterocycles. The van der Waals surface area contributed by atoms with Crippen molar-refractivity contribution in [3.8, 4) is 11.5 Å². The van der Waals surface area contributed by atoms with Gasteiger partial charge in [-0.3, -0.25) is 14.4 Å². The van der Waals surface area contributed by atoms with Gasteiger partial charge >= 0.3 is 5.97 Å². The SMILES string of the molecule is NC(=O)c1c(NC(=O)COC(=O)C2c3ccccc3Oc3ccccc32)sc2c1CCC2. The van der Waals surface area contributed by atoms with Gasteiger partial charge in [0.15, 0.2) is 6.61 Å². The number of amides is 2. The summed E-state index contributed by atoms with van der Waals surface area (Å²) in [4.78, 5) is 38.6. The zero-order valence-corrected chi connectivity index (χ0v) is 17.9. The third kappa shape index (κ3) is 3.52. The van der Waals surface area contributed by atoms with Crippen LogP contribution in [0, 0.1) is 0 Å². The zero-order chi connectivity index (χ0) is 22.2. The number of carbonyl (C=O) groups is 3. The Morgan fingerprint density at radius 3 is 2.34 bits per heavy atom. The average Bonchev–Trinajstić information content (AvgIpc) is 3.36. The summed E-state index contributed by atoms with van der Waals surface area (Å²) >= 11 is 1.36. The molecule has 0 spiro atoms. The number of nitrogens with two attached hydrogens (primary N) is 1. The number of benzene rings is 2. The normalized spacial score (nSPS) is 14.0. The first kappa shape index (κ1) is 20.3. The van der Waals surface area contributed by atoms with Crippen LogP contribution in [-0.2, 0) is 27.2 Å². The largest absolute Gasteiger partial charge is 0.457 e. The van der Waals surface area contributed by atoms with Gasteiger partial charge in [-0.05, 0) is 37.0 Å². The molecule has 3 aromatic rings. The van der Waals surface area contributed by atoms with Gasteiger partial charge in [0.1, 0.15) is 22.4 Å². The molecule has 0 unspecified atom stereocenters. The molecule has 0 radical (unpaired) electrons. The summed E-state index contributed by atoms with van der Waals surface area (Å²) in [5.74, 6) is -1.17. The topological polar surface area (TPSA) is 108 Å². The van der Waals surface area contributed by atoms with Crippen molar-refractivity contribution < 1.29 is 23.9 Å². The van der Waals surface area contributed by atoms with E-state index in [9.17, 15) is 14.4 Å². The Labute approximate surface area is 188 Å². The molecule has 2 heterocycles. The molecule has 1 aromatic heterocycles. The fraction of sp³-hybridized carbons (Fsp3) is 0.208. The van der Waals surface area contributed by atoms with Gasteiger partial charge in [-0.15, -0.1) is 11.3 Å². The maximum Gasteiger partial charge on any atom is 0.318 e.